The molecule has 0 N–H and O–H groups in total. The van der Waals surface area contributed by atoms with Crippen LogP contribution in [0.1, 0.15) is 15.4 Å². The monoisotopic (exact) mass is 273 g/mol. The zero-order valence-electron chi connectivity index (χ0n) is 8.44. The van der Waals surface area contributed by atoms with E-state index >= 15 is 0 Å². The number of benzene rings is 1. The Bertz CT molecular complexity index is 510. The van der Waals surface area contributed by atoms with Gasteiger partial charge in [0.25, 0.3) is 5.24 Å². The maximum absolute atomic E-state index is 11.0. The summed E-state index contributed by atoms with van der Waals surface area (Å²) in [4.78, 5) is 15.3. The summed E-state index contributed by atoms with van der Waals surface area (Å²) < 4.78 is 0. The van der Waals surface area contributed by atoms with E-state index in [1.807, 2.05) is 18.4 Å². The second kappa shape index (κ2) is 5.43. The van der Waals surface area contributed by atoms with Gasteiger partial charge in [-0.25, -0.2) is 4.98 Å². The summed E-state index contributed by atoms with van der Waals surface area (Å²) in [6.45, 7) is 1.95. The van der Waals surface area contributed by atoms with E-state index in [0.717, 1.165) is 16.3 Å². The van der Waals surface area contributed by atoms with Crippen LogP contribution in [-0.2, 0) is 0 Å². The van der Waals surface area contributed by atoms with Gasteiger partial charge in [0, 0.05) is 16.5 Å². The number of hydrogen-bond donors (Lipinski definition) is 0. The molecule has 0 spiro atoms. The number of carbonyl (C=O) groups is 1. The lowest BCUT2D eigenvalue weighted by atomic mass is 10.1. The maximum Gasteiger partial charge on any atom is 0.252 e. The van der Waals surface area contributed by atoms with Gasteiger partial charge in [0.15, 0.2) is 0 Å². The smallest absolute Gasteiger partial charge is 0.252 e. The van der Waals surface area contributed by atoms with Gasteiger partial charge < -0.3 is 0 Å². The minimum atomic E-state index is -0.441. The van der Waals surface area contributed by atoms with Crippen LogP contribution in [-0.4, -0.2) is 10.2 Å². The molecule has 16 heavy (non-hydrogen) atoms. The van der Waals surface area contributed by atoms with Gasteiger partial charge in [-0.05, 0) is 24.6 Å². The van der Waals surface area contributed by atoms with Gasteiger partial charge in [0.1, 0.15) is 0 Å². The summed E-state index contributed by atoms with van der Waals surface area (Å²) in [6.07, 6.45) is 0. The largest absolute Gasteiger partial charge is 0.276 e. The first-order valence-electron chi connectivity index (χ1n) is 4.39. The Morgan fingerprint density at radius 3 is 2.75 bits per heavy atom. The minimum absolute atomic E-state index is 0. The highest BCUT2D eigenvalue weighted by Crippen LogP contribution is 2.22. The highest BCUT2D eigenvalue weighted by atomic mass is 35.5. The second-order valence-electron chi connectivity index (χ2n) is 3.11. The van der Waals surface area contributed by atoms with Crippen molar-refractivity contribution in [1.29, 1.82) is 0 Å². The summed E-state index contributed by atoms with van der Waals surface area (Å²) >= 11 is 7.00. The summed E-state index contributed by atoms with van der Waals surface area (Å²) in [6, 6.07) is 7.17. The quantitative estimate of drug-likeness (QED) is 0.777. The molecule has 0 bridgehead atoms. The topological polar surface area (TPSA) is 30.0 Å². The third-order valence-electron chi connectivity index (χ3n) is 2.00. The second-order valence-corrected chi connectivity index (χ2v) is 4.51. The summed E-state index contributed by atoms with van der Waals surface area (Å²) in [5.74, 6) is 0. The van der Waals surface area contributed by atoms with Crippen LogP contribution in [0, 0.1) is 6.92 Å². The predicted octanol–water partition coefficient (Wildman–Crippen LogP) is 3.92. The molecular weight excluding hydrogens is 265 g/mol. The van der Waals surface area contributed by atoms with Gasteiger partial charge in [0.2, 0.25) is 0 Å². The molecule has 0 radical (unpaired) electrons. The van der Waals surface area contributed by atoms with Crippen LogP contribution in [0.3, 0.4) is 0 Å². The number of carbonyl (C=O) groups excluding carboxylic acids is 1. The van der Waals surface area contributed by atoms with Crippen LogP contribution in [0.5, 0.6) is 0 Å². The molecule has 1 heterocycles. The van der Waals surface area contributed by atoms with Gasteiger partial charge in [-0.15, -0.1) is 23.7 Å². The van der Waals surface area contributed by atoms with E-state index < -0.39 is 5.24 Å². The fraction of sp³-hybridized carbons (Fsp3) is 0.0909. The Morgan fingerprint density at radius 1 is 1.44 bits per heavy atom. The zero-order valence-corrected chi connectivity index (χ0v) is 10.8. The Kier molecular flexibility index (Phi) is 4.47. The first-order valence-corrected chi connectivity index (χ1v) is 5.65. The third-order valence-corrected chi connectivity index (χ3v) is 3.00. The standard InChI is InChI=1S/C11H8ClNOS.ClH/c1-7-13-10(6-15-7)8-3-2-4-9(5-8)11(12)14;/h2-6H,1H3;1H. The number of aromatic nitrogens is 1. The van der Waals surface area contributed by atoms with Crippen LogP contribution in [0.2, 0.25) is 0 Å². The molecule has 0 atom stereocenters. The summed E-state index contributed by atoms with van der Waals surface area (Å²) in [7, 11) is 0. The van der Waals surface area contributed by atoms with Gasteiger partial charge in [-0.1, -0.05) is 18.2 Å². The molecule has 0 fully saturated rings. The molecule has 2 aromatic rings. The Balaban J connectivity index is 0.00000128. The summed E-state index contributed by atoms with van der Waals surface area (Å²) in [5, 5.41) is 2.53. The average Bonchev–Trinajstić information content (AvgIpc) is 2.65. The number of aryl methyl sites for hydroxylation is 1. The number of hydrogen-bond acceptors (Lipinski definition) is 3. The molecule has 0 aliphatic carbocycles. The van der Waals surface area contributed by atoms with E-state index in [2.05, 4.69) is 4.98 Å². The van der Waals surface area contributed by atoms with Gasteiger partial charge in [-0.2, -0.15) is 0 Å². The molecule has 1 aromatic carbocycles. The molecule has 0 unspecified atom stereocenters. The van der Waals surface area contributed by atoms with Crippen molar-refractivity contribution in [3.63, 3.8) is 0 Å². The average molecular weight is 274 g/mol. The Labute approximate surface area is 109 Å². The highest BCUT2D eigenvalue weighted by molar-refractivity contribution is 7.09. The van der Waals surface area contributed by atoms with Crippen molar-refractivity contribution in [2.24, 2.45) is 0 Å². The number of thiazole rings is 1. The van der Waals surface area contributed by atoms with E-state index in [-0.39, 0.29) is 12.4 Å². The van der Waals surface area contributed by atoms with E-state index in [1.54, 1.807) is 29.5 Å². The molecular formula is C11H9Cl2NOS. The zero-order chi connectivity index (χ0) is 10.8. The molecule has 0 aliphatic rings. The SMILES string of the molecule is Cc1nc(-c2cccc(C(=O)Cl)c2)cs1.Cl. The van der Waals surface area contributed by atoms with E-state index in [0.29, 0.717) is 5.56 Å². The van der Waals surface area contributed by atoms with E-state index in [4.69, 9.17) is 11.6 Å². The Morgan fingerprint density at radius 2 is 2.19 bits per heavy atom. The first kappa shape index (κ1) is 13.2. The van der Waals surface area contributed by atoms with Crippen LogP contribution >= 0.6 is 35.3 Å². The maximum atomic E-state index is 11.0. The van der Waals surface area contributed by atoms with Crippen LogP contribution in [0.4, 0.5) is 0 Å². The van der Waals surface area contributed by atoms with Crippen molar-refractivity contribution >= 4 is 40.6 Å². The minimum Gasteiger partial charge on any atom is -0.276 e. The number of halogens is 2. The van der Waals surface area contributed by atoms with Crippen LogP contribution in [0.15, 0.2) is 29.6 Å². The lowest BCUT2D eigenvalue weighted by Crippen LogP contribution is -1.88. The van der Waals surface area contributed by atoms with Gasteiger partial charge in [0.05, 0.1) is 10.7 Å². The van der Waals surface area contributed by atoms with Crippen molar-refractivity contribution in [3.8, 4) is 11.3 Å². The highest BCUT2D eigenvalue weighted by Gasteiger charge is 2.05. The molecule has 2 nitrogen and oxygen atoms in total. The molecule has 0 amide bonds. The molecule has 5 heteroatoms. The lowest BCUT2D eigenvalue weighted by Gasteiger charge is -1.98. The normalized spacial score (nSPS) is 9.62. The number of rotatable bonds is 2. The molecule has 84 valence electrons. The van der Waals surface area contributed by atoms with Crippen molar-refractivity contribution in [3.05, 3.63) is 40.2 Å². The molecule has 2 rings (SSSR count). The molecule has 0 aliphatic heterocycles. The fourth-order valence-electron chi connectivity index (χ4n) is 1.30. The van der Waals surface area contributed by atoms with Crippen molar-refractivity contribution in [1.82, 2.24) is 4.98 Å². The number of nitrogens with zero attached hydrogens (tertiary/aromatic N) is 1. The van der Waals surface area contributed by atoms with Crippen molar-refractivity contribution in [2.75, 3.05) is 0 Å². The molecule has 0 saturated heterocycles. The van der Waals surface area contributed by atoms with Gasteiger partial charge in [-0.3, -0.25) is 4.79 Å². The van der Waals surface area contributed by atoms with E-state index in [1.165, 1.54) is 0 Å². The van der Waals surface area contributed by atoms with Crippen molar-refractivity contribution < 1.29 is 4.79 Å². The molecule has 1 aromatic heterocycles. The lowest BCUT2D eigenvalue weighted by molar-refractivity contribution is 0.108. The fourth-order valence-corrected chi connectivity index (χ4v) is 2.04. The Hall–Kier alpha value is -0.900. The van der Waals surface area contributed by atoms with E-state index in [9.17, 15) is 4.79 Å². The van der Waals surface area contributed by atoms with Crippen LogP contribution < -0.4 is 0 Å². The van der Waals surface area contributed by atoms with Crippen LogP contribution in [0.25, 0.3) is 11.3 Å². The van der Waals surface area contributed by atoms with Gasteiger partial charge >= 0.3 is 0 Å². The molecule has 0 saturated carbocycles. The van der Waals surface area contributed by atoms with Crippen molar-refractivity contribution in [2.45, 2.75) is 6.92 Å². The summed E-state index contributed by atoms with van der Waals surface area (Å²) in [5.41, 5.74) is 2.31. The first-order chi connectivity index (χ1) is 7.16. The predicted molar refractivity (Wildman–Crippen MR) is 69.7 cm³/mol. The third kappa shape index (κ3) is 2.82.